The molecule has 4 aliphatic rings. The highest BCUT2D eigenvalue weighted by atomic mass is 16.7. The second-order valence-electron chi connectivity index (χ2n) is 7.13. The van der Waals surface area contributed by atoms with Gasteiger partial charge in [0.2, 0.25) is 29.6 Å². The number of benzene rings is 1. The summed E-state index contributed by atoms with van der Waals surface area (Å²) in [6, 6.07) is 6.71. The molecule has 0 aliphatic carbocycles. The van der Waals surface area contributed by atoms with Crippen LogP contribution in [-0.4, -0.2) is 73.1 Å². The van der Waals surface area contributed by atoms with Crippen molar-refractivity contribution in [2.24, 2.45) is 0 Å². The Kier molecular flexibility index (Phi) is 4.62. The number of hydrogen-bond acceptors (Lipinski definition) is 8. The second-order valence-corrected chi connectivity index (χ2v) is 7.13. The van der Waals surface area contributed by atoms with E-state index in [1.807, 2.05) is 6.92 Å². The number of aliphatic hydroxyl groups excluding tert-OH is 1. The molecule has 5 rings (SSSR count). The number of nitrogens with zero attached hydrogens (tertiary/aromatic N) is 4. The molecule has 1 aromatic rings. The van der Waals surface area contributed by atoms with Crippen LogP contribution in [0, 0.1) is 0 Å². The van der Waals surface area contributed by atoms with Gasteiger partial charge < -0.3 is 14.7 Å². The van der Waals surface area contributed by atoms with Crippen molar-refractivity contribution in [2.45, 2.75) is 25.2 Å². The van der Waals surface area contributed by atoms with Crippen LogP contribution < -0.4 is 4.74 Å². The smallest absolute Gasteiger partial charge is 0.249 e. The van der Waals surface area contributed by atoms with Crippen molar-refractivity contribution in [1.82, 2.24) is 15.0 Å². The van der Waals surface area contributed by atoms with E-state index in [2.05, 4.69) is 0 Å². The van der Waals surface area contributed by atoms with Crippen molar-refractivity contribution in [3.05, 3.63) is 66.3 Å². The molecule has 0 spiro atoms. The van der Waals surface area contributed by atoms with E-state index in [-0.39, 0.29) is 18.9 Å². The van der Waals surface area contributed by atoms with Crippen LogP contribution >= 0.6 is 0 Å². The summed E-state index contributed by atoms with van der Waals surface area (Å²) in [5.74, 6) is 0.654. The van der Waals surface area contributed by atoms with Crippen LogP contribution in [0.5, 0.6) is 5.75 Å². The highest BCUT2D eigenvalue weighted by Crippen LogP contribution is 2.51. The molecule has 3 unspecified atom stereocenters. The fourth-order valence-corrected chi connectivity index (χ4v) is 4.29. The normalized spacial score (nSPS) is 29.8. The molecular formula is C20H25N4O5+. The summed E-state index contributed by atoms with van der Waals surface area (Å²) in [4.78, 5) is 15.5. The predicted octanol–water partition coefficient (Wildman–Crippen LogP) is 1.63. The highest BCUT2D eigenvalue weighted by Gasteiger charge is 2.73. The summed E-state index contributed by atoms with van der Waals surface area (Å²) in [7, 11) is 1.55. The van der Waals surface area contributed by atoms with Gasteiger partial charge in [-0.1, -0.05) is 13.0 Å². The Bertz CT molecular complexity index is 899. The van der Waals surface area contributed by atoms with E-state index in [4.69, 9.17) is 4.74 Å². The second kappa shape index (κ2) is 6.89. The minimum Gasteiger partial charge on any atom is -0.497 e. The Morgan fingerprint density at radius 3 is 2.59 bits per heavy atom. The summed E-state index contributed by atoms with van der Waals surface area (Å²) in [5, 5.41) is 33.9. The fourth-order valence-electron chi connectivity index (χ4n) is 4.29. The van der Waals surface area contributed by atoms with Crippen LogP contribution in [0.4, 0.5) is 0 Å². The molecule has 1 saturated heterocycles. The third-order valence-electron chi connectivity index (χ3n) is 5.66. The molecule has 154 valence electrons. The van der Waals surface area contributed by atoms with Crippen LogP contribution in [0.1, 0.15) is 23.7 Å². The summed E-state index contributed by atoms with van der Waals surface area (Å²) in [5.41, 5.74) is -1.05. The SMILES string of the molecule is CCC1N(O)C2=C[N+]1(O)N2C1(C(=O)c2ccc(OC)cc2)C=CC=CN1CCO. The van der Waals surface area contributed by atoms with Gasteiger partial charge in [0, 0.05) is 24.7 Å². The van der Waals surface area contributed by atoms with E-state index in [0.29, 0.717) is 23.6 Å². The Hall–Kier alpha value is -2.85. The molecule has 9 heteroatoms. The van der Waals surface area contributed by atoms with Gasteiger partial charge in [-0.2, -0.15) is 10.3 Å². The summed E-state index contributed by atoms with van der Waals surface area (Å²) in [6.07, 6.45) is 8.17. The number of hydroxylamine groups is 4. The number of quaternary nitrogens is 1. The number of methoxy groups -OCH3 is 1. The Morgan fingerprint density at radius 1 is 1.28 bits per heavy atom. The Balaban J connectivity index is 1.83. The molecule has 3 atom stereocenters. The van der Waals surface area contributed by atoms with Gasteiger partial charge in [0.15, 0.2) is 0 Å². The third-order valence-corrected chi connectivity index (χ3v) is 5.66. The topological polar surface area (TPSA) is 96.7 Å². The molecule has 3 N–H and O–H groups in total. The van der Waals surface area contributed by atoms with Crippen LogP contribution in [0.25, 0.3) is 0 Å². The maximum absolute atomic E-state index is 13.9. The molecule has 0 aromatic heterocycles. The van der Waals surface area contributed by atoms with Crippen LogP contribution in [0.3, 0.4) is 0 Å². The first kappa shape index (κ1) is 19.5. The molecule has 4 aliphatic heterocycles. The zero-order valence-electron chi connectivity index (χ0n) is 16.3. The first-order valence-electron chi connectivity index (χ1n) is 9.49. The van der Waals surface area contributed by atoms with Crippen LogP contribution in [0.15, 0.2) is 60.7 Å². The number of ether oxygens (including phenoxy) is 1. The van der Waals surface area contributed by atoms with Crippen molar-refractivity contribution in [1.29, 1.82) is 0 Å². The number of allylic oxidation sites excluding steroid dienone is 2. The number of carbonyl (C=O) groups is 1. The van der Waals surface area contributed by atoms with E-state index < -0.39 is 16.6 Å². The molecule has 1 fully saturated rings. The van der Waals surface area contributed by atoms with E-state index in [0.717, 1.165) is 5.06 Å². The monoisotopic (exact) mass is 401 g/mol. The van der Waals surface area contributed by atoms with E-state index in [1.165, 1.54) is 11.2 Å². The predicted molar refractivity (Wildman–Crippen MR) is 102 cm³/mol. The number of hydrogen-bond donors (Lipinski definition) is 3. The van der Waals surface area contributed by atoms with Gasteiger partial charge in [-0.15, -0.1) is 5.01 Å². The minimum absolute atomic E-state index is 0.161. The Labute approximate surface area is 168 Å². The number of fused-ring (bicyclic) bond motifs is 1. The van der Waals surface area contributed by atoms with Gasteiger partial charge in [0.1, 0.15) is 5.75 Å². The van der Waals surface area contributed by atoms with E-state index in [9.17, 15) is 20.3 Å². The van der Waals surface area contributed by atoms with Gasteiger partial charge in [0.25, 0.3) is 0 Å². The molecule has 4 heterocycles. The number of ketones is 1. The number of Topliss-reactive ketones (excluding diaryl/α,β-unsaturated/α-hetero) is 1. The summed E-state index contributed by atoms with van der Waals surface area (Å²) >= 11 is 0. The largest absolute Gasteiger partial charge is 0.497 e. The van der Waals surface area contributed by atoms with Crippen molar-refractivity contribution in [3.8, 4) is 5.75 Å². The van der Waals surface area contributed by atoms with Crippen molar-refractivity contribution in [3.63, 3.8) is 0 Å². The van der Waals surface area contributed by atoms with Crippen molar-refractivity contribution >= 4 is 5.78 Å². The lowest BCUT2D eigenvalue weighted by atomic mass is 9.92. The lowest BCUT2D eigenvalue weighted by Crippen LogP contribution is -2.74. The third kappa shape index (κ3) is 2.52. The quantitative estimate of drug-likeness (QED) is 0.469. The van der Waals surface area contributed by atoms with Gasteiger partial charge in [-0.3, -0.25) is 10.0 Å². The van der Waals surface area contributed by atoms with Crippen LogP contribution in [0.2, 0.25) is 0 Å². The molecular weight excluding hydrogens is 376 g/mol. The van der Waals surface area contributed by atoms with Gasteiger partial charge in [-0.05, 0) is 41.2 Å². The average molecular weight is 401 g/mol. The molecule has 0 amide bonds. The summed E-state index contributed by atoms with van der Waals surface area (Å²) < 4.78 is 4.46. The van der Waals surface area contributed by atoms with Gasteiger partial charge in [0.05, 0.1) is 13.7 Å². The molecule has 9 nitrogen and oxygen atoms in total. The minimum atomic E-state index is -1.46. The highest BCUT2D eigenvalue weighted by molar-refractivity contribution is 6.05. The molecule has 2 bridgehead atoms. The number of aliphatic hydroxyl groups is 1. The van der Waals surface area contributed by atoms with Crippen LogP contribution in [-0.2, 0) is 0 Å². The zero-order chi connectivity index (χ0) is 20.8. The van der Waals surface area contributed by atoms with Gasteiger partial charge in [-0.25, -0.2) is 0 Å². The Morgan fingerprint density at radius 2 is 2.00 bits per heavy atom. The zero-order valence-corrected chi connectivity index (χ0v) is 16.3. The molecule has 0 saturated carbocycles. The molecule has 1 aromatic carbocycles. The first-order chi connectivity index (χ1) is 13.9. The number of carbonyl (C=O) groups excluding carboxylic acids is 1. The molecule has 29 heavy (non-hydrogen) atoms. The van der Waals surface area contributed by atoms with E-state index in [1.54, 1.807) is 60.7 Å². The fraction of sp³-hybridized carbons (Fsp3) is 0.350. The van der Waals surface area contributed by atoms with E-state index >= 15 is 0 Å². The van der Waals surface area contributed by atoms with Crippen molar-refractivity contribution < 1.29 is 29.8 Å². The maximum Gasteiger partial charge on any atom is 0.249 e. The maximum atomic E-state index is 13.9. The lowest BCUT2D eigenvalue weighted by molar-refractivity contribution is -1.18. The standard InChI is InChI=1S/C20H25N4O5/c1-3-18-22(27)17-14-24(18,28)23(17)20(10-4-5-11-21(20)12-13-25)19(26)15-6-8-16(29-2)9-7-15/h4-11,14,18,25,27-28H,3,12-13H2,1-2H3/q+1. The van der Waals surface area contributed by atoms with Gasteiger partial charge >= 0.3 is 0 Å². The number of rotatable bonds is 7. The van der Waals surface area contributed by atoms with Crippen molar-refractivity contribution in [2.75, 3.05) is 20.3 Å². The average Bonchev–Trinajstić information content (AvgIpc) is 3.11. The summed E-state index contributed by atoms with van der Waals surface area (Å²) in [6.45, 7) is 1.82. The molecule has 0 radical (unpaired) electrons. The first-order valence-corrected chi connectivity index (χ1v) is 9.49. The lowest BCUT2D eigenvalue weighted by Gasteiger charge is -2.51. The number of β-amino-alcohol motifs (C(OH)–C–C–N with tert-alkyl or cyclic N) is 1.